The molecule has 0 rings (SSSR count). The summed E-state index contributed by atoms with van der Waals surface area (Å²) in [5.74, 6) is -0.175. The largest absolute Gasteiger partial charge is 0.460 e. The number of hydrogen-bond donors (Lipinski definition) is 1. The van der Waals surface area contributed by atoms with Crippen LogP contribution < -0.4 is 0 Å². The van der Waals surface area contributed by atoms with Gasteiger partial charge in [-0.25, -0.2) is 0 Å². The number of unbranched alkanes of at least 4 members (excludes halogenated alkanes) is 13. The molecule has 23 heavy (non-hydrogen) atoms. The van der Waals surface area contributed by atoms with Crippen LogP contribution in [-0.4, -0.2) is 23.8 Å². The zero-order valence-corrected chi connectivity index (χ0v) is 15.7. The molecule has 3 nitrogen and oxygen atoms in total. The molecule has 1 unspecified atom stereocenters. The van der Waals surface area contributed by atoms with Gasteiger partial charge in [-0.05, 0) is 13.3 Å². The Kier molecular flexibility index (Phi) is 17.3. The van der Waals surface area contributed by atoms with Gasteiger partial charge in [0.2, 0.25) is 0 Å². The number of hydrogen-bond acceptors (Lipinski definition) is 3. The highest BCUT2D eigenvalue weighted by atomic mass is 16.5. The number of carbonyl (C=O) groups is 1. The van der Waals surface area contributed by atoms with Crippen LogP contribution in [0, 0.1) is 0 Å². The van der Waals surface area contributed by atoms with Crippen molar-refractivity contribution in [2.24, 2.45) is 0 Å². The highest BCUT2D eigenvalue weighted by Gasteiger charge is 2.07. The Labute approximate surface area is 144 Å². The Hall–Kier alpha value is -0.570. The molecule has 0 saturated carbocycles. The maximum atomic E-state index is 11.4. The topological polar surface area (TPSA) is 46.5 Å². The van der Waals surface area contributed by atoms with E-state index in [-0.39, 0.29) is 18.7 Å². The fourth-order valence-corrected chi connectivity index (χ4v) is 2.78. The van der Waals surface area contributed by atoms with E-state index < -0.39 is 0 Å². The molecule has 0 aliphatic rings. The lowest BCUT2D eigenvalue weighted by molar-refractivity contribution is -0.150. The summed E-state index contributed by atoms with van der Waals surface area (Å²) in [5, 5.41) is 8.80. The Morgan fingerprint density at radius 2 is 1.17 bits per heavy atom. The predicted molar refractivity (Wildman–Crippen MR) is 97.6 cm³/mol. The summed E-state index contributed by atoms with van der Waals surface area (Å²) in [4.78, 5) is 11.4. The Morgan fingerprint density at radius 1 is 0.783 bits per heavy atom. The second-order valence-electron chi connectivity index (χ2n) is 6.83. The van der Waals surface area contributed by atoms with Crippen molar-refractivity contribution in [3.63, 3.8) is 0 Å². The average Bonchev–Trinajstić information content (AvgIpc) is 2.55. The fraction of sp³-hybridized carbons (Fsp3) is 0.950. The molecule has 0 radical (unpaired) electrons. The second kappa shape index (κ2) is 17.8. The monoisotopic (exact) mass is 328 g/mol. The van der Waals surface area contributed by atoms with Crippen molar-refractivity contribution in [1.82, 2.24) is 0 Å². The van der Waals surface area contributed by atoms with E-state index in [0.717, 1.165) is 12.8 Å². The summed E-state index contributed by atoms with van der Waals surface area (Å²) in [6.07, 6.45) is 18.6. The van der Waals surface area contributed by atoms with E-state index in [4.69, 9.17) is 9.84 Å². The lowest BCUT2D eigenvalue weighted by Crippen LogP contribution is -2.18. The third-order valence-corrected chi connectivity index (χ3v) is 4.32. The fourth-order valence-electron chi connectivity index (χ4n) is 2.78. The third kappa shape index (κ3) is 17.6. The molecule has 0 spiro atoms. The van der Waals surface area contributed by atoms with Crippen LogP contribution in [0.2, 0.25) is 0 Å². The number of aliphatic hydroxyl groups excluding tert-OH is 1. The quantitative estimate of drug-likeness (QED) is 0.272. The molecule has 3 heteroatoms. The first-order valence-corrected chi connectivity index (χ1v) is 10.0. The molecule has 0 aromatic rings. The molecule has 1 N–H and O–H groups in total. The van der Waals surface area contributed by atoms with E-state index in [0.29, 0.717) is 6.42 Å². The molecule has 0 aliphatic carbocycles. The lowest BCUT2D eigenvalue weighted by atomic mass is 10.0. The van der Waals surface area contributed by atoms with Gasteiger partial charge >= 0.3 is 5.97 Å². The first-order valence-electron chi connectivity index (χ1n) is 10.0. The normalized spacial score (nSPS) is 12.3. The smallest absolute Gasteiger partial charge is 0.306 e. The number of ether oxygens (including phenoxy) is 1. The summed E-state index contributed by atoms with van der Waals surface area (Å²) >= 11 is 0. The number of rotatable bonds is 17. The number of esters is 1. The van der Waals surface area contributed by atoms with Crippen LogP contribution >= 0.6 is 0 Å². The molecular formula is C20H40O3. The Bertz CT molecular complexity index is 253. The summed E-state index contributed by atoms with van der Waals surface area (Å²) in [6.45, 7) is 3.89. The van der Waals surface area contributed by atoms with Crippen LogP contribution in [0.4, 0.5) is 0 Å². The first-order chi connectivity index (χ1) is 11.2. The molecule has 138 valence electrons. The van der Waals surface area contributed by atoms with Crippen LogP contribution in [0.15, 0.2) is 0 Å². The first kappa shape index (κ1) is 22.4. The molecule has 0 aliphatic heterocycles. The van der Waals surface area contributed by atoms with Gasteiger partial charge in [0.15, 0.2) is 0 Å². The zero-order valence-electron chi connectivity index (χ0n) is 15.7. The minimum Gasteiger partial charge on any atom is -0.460 e. The van der Waals surface area contributed by atoms with Crippen molar-refractivity contribution in [3.8, 4) is 0 Å². The minimum atomic E-state index is -0.367. The van der Waals surface area contributed by atoms with Crippen LogP contribution in [0.3, 0.4) is 0 Å². The van der Waals surface area contributed by atoms with Crippen LogP contribution in [0.5, 0.6) is 0 Å². The van der Waals surface area contributed by atoms with Crippen molar-refractivity contribution in [3.05, 3.63) is 0 Å². The lowest BCUT2D eigenvalue weighted by Gasteiger charge is -2.09. The molecule has 0 fully saturated rings. The minimum absolute atomic E-state index is 0.0928. The Balaban J connectivity index is 3.12. The molecule has 1 atom stereocenters. The van der Waals surface area contributed by atoms with Gasteiger partial charge in [-0.15, -0.1) is 0 Å². The summed E-state index contributed by atoms with van der Waals surface area (Å²) in [5.41, 5.74) is 0. The van der Waals surface area contributed by atoms with Gasteiger partial charge in [0.25, 0.3) is 0 Å². The summed E-state index contributed by atoms with van der Waals surface area (Å²) < 4.78 is 5.02. The maximum absolute atomic E-state index is 11.4. The molecule has 0 saturated heterocycles. The molecular weight excluding hydrogens is 288 g/mol. The van der Waals surface area contributed by atoms with E-state index in [9.17, 15) is 4.79 Å². The zero-order chi connectivity index (χ0) is 17.2. The number of carbonyl (C=O) groups excluding carboxylic acids is 1. The van der Waals surface area contributed by atoms with Gasteiger partial charge in [-0.2, -0.15) is 0 Å². The van der Waals surface area contributed by atoms with Crippen LogP contribution in [0.25, 0.3) is 0 Å². The van der Waals surface area contributed by atoms with Crippen LogP contribution in [-0.2, 0) is 9.53 Å². The summed E-state index contributed by atoms with van der Waals surface area (Å²) in [6, 6.07) is 0. The Morgan fingerprint density at radius 3 is 1.57 bits per heavy atom. The van der Waals surface area contributed by atoms with Gasteiger partial charge in [-0.3, -0.25) is 4.79 Å². The molecule has 0 bridgehead atoms. The van der Waals surface area contributed by atoms with Crippen molar-refractivity contribution < 1.29 is 14.6 Å². The van der Waals surface area contributed by atoms with Gasteiger partial charge in [0.1, 0.15) is 6.10 Å². The molecule has 0 aromatic carbocycles. The summed E-state index contributed by atoms with van der Waals surface area (Å²) in [7, 11) is 0. The predicted octanol–water partition coefficient (Wildman–Crippen LogP) is 5.78. The standard InChI is InChI=1S/C20H40O3/c1-3-4-5-6-7-8-9-10-11-12-13-14-15-16-17-20(22)23-19(2)18-21/h19,21H,3-18H2,1-2H3. The van der Waals surface area contributed by atoms with Crippen molar-refractivity contribution >= 4 is 5.97 Å². The maximum Gasteiger partial charge on any atom is 0.306 e. The molecule has 0 aromatic heterocycles. The van der Waals surface area contributed by atoms with Gasteiger partial charge in [0, 0.05) is 6.42 Å². The van der Waals surface area contributed by atoms with Gasteiger partial charge in [0.05, 0.1) is 6.61 Å². The third-order valence-electron chi connectivity index (χ3n) is 4.32. The number of aliphatic hydroxyl groups is 1. The average molecular weight is 329 g/mol. The molecule has 0 amide bonds. The molecule has 0 heterocycles. The van der Waals surface area contributed by atoms with E-state index >= 15 is 0 Å². The van der Waals surface area contributed by atoms with Crippen molar-refractivity contribution in [1.29, 1.82) is 0 Å². The van der Waals surface area contributed by atoms with Gasteiger partial charge < -0.3 is 9.84 Å². The highest BCUT2D eigenvalue weighted by molar-refractivity contribution is 5.69. The highest BCUT2D eigenvalue weighted by Crippen LogP contribution is 2.13. The van der Waals surface area contributed by atoms with Crippen molar-refractivity contribution in [2.45, 2.75) is 116 Å². The second-order valence-corrected chi connectivity index (χ2v) is 6.83. The SMILES string of the molecule is CCCCCCCCCCCCCCCCC(=O)OC(C)CO. The van der Waals surface area contributed by atoms with E-state index in [1.165, 1.54) is 77.0 Å². The van der Waals surface area contributed by atoms with E-state index in [1.54, 1.807) is 6.92 Å². The van der Waals surface area contributed by atoms with E-state index in [1.807, 2.05) is 0 Å². The van der Waals surface area contributed by atoms with Crippen molar-refractivity contribution in [2.75, 3.05) is 6.61 Å². The van der Waals surface area contributed by atoms with Gasteiger partial charge in [-0.1, -0.05) is 90.4 Å². The van der Waals surface area contributed by atoms with Crippen LogP contribution in [0.1, 0.15) is 110 Å². The van der Waals surface area contributed by atoms with E-state index in [2.05, 4.69) is 6.92 Å².